The molecule has 0 saturated carbocycles. The van der Waals surface area contributed by atoms with Gasteiger partial charge in [-0.15, -0.1) is 0 Å². The zero-order chi connectivity index (χ0) is 17.6. The highest BCUT2D eigenvalue weighted by Crippen LogP contribution is 2.40. The first kappa shape index (κ1) is 19.3. The van der Waals surface area contributed by atoms with Gasteiger partial charge in [-0.25, -0.2) is 0 Å². The summed E-state index contributed by atoms with van der Waals surface area (Å²) < 4.78 is 0. The Morgan fingerprint density at radius 2 is 1.65 bits per heavy atom. The molecule has 1 aromatic carbocycles. The summed E-state index contributed by atoms with van der Waals surface area (Å²) in [5.41, 5.74) is 2.91. The minimum atomic E-state index is -0.222. The number of carbonyl (C=O) groups excluding carboxylic acids is 1. The predicted molar refractivity (Wildman–Crippen MR) is 92.4 cm³/mol. The monoisotopic (exact) mass is 338 g/mol. The summed E-state index contributed by atoms with van der Waals surface area (Å²) in [5.74, 6) is -0.410. The SMILES string of the molecule is C/C(=C\CO)CC/C(C)=C/Cc1c(O)c(Cl)c(C)c(C=O)c1O. The molecule has 4 nitrogen and oxygen atoms in total. The van der Waals surface area contributed by atoms with Crippen LogP contribution in [0.5, 0.6) is 11.5 Å². The molecule has 5 heteroatoms. The molecule has 0 aromatic heterocycles. The van der Waals surface area contributed by atoms with Gasteiger partial charge in [-0.1, -0.05) is 34.9 Å². The molecule has 1 aromatic rings. The van der Waals surface area contributed by atoms with Gasteiger partial charge in [-0.2, -0.15) is 0 Å². The lowest BCUT2D eigenvalue weighted by Gasteiger charge is -2.13. The van der Waals surface area contributed by atoms with Crippen molar-refractivity contribution >= 4 is 17.9 Å². The largest absolute Gasteiger partial charge is 0.507 e. The molecule has 23 heavy (non-hydrogen) atoms. The van der Waals surface area contributed by atoms with Crippen LogP contribution < -0.4 is 0 Å². The number of carbonyl (C=O) groups is 1. The van der Waals surface area contributed by atoms with E-state index in [1.54, 1.807) is 13.0 Å². The van der Waals surface area contributed by atoms with E-state index >= 15 is 0 Å². The molecule has 0 atom stereocenters. The second-order valence-corrected chi connectivity index (χ2v) is 6.01. The zero-order valence-electron chi connectivity index (χ0n) is 13.7. The number of hydrogen-bond donors (Lipinski definition) is 3. The summed E-state index contributed by atoms with van der Waals surface area (Å²) in [4.78, 5) is 11.1. The Bertz CT molecular complexity index is 645. The van der Waals surface area contributed by atoms with Crippen molar-refractivity contribution in [3.8, 4) is 11.5 Å². The van der Waals surface area contributed by atoms with Gasteiger partial charge in [0, 0.05) is 5.56 Å². The number of phenolic OH excluding ortho intramolecular Hbond substituents is 2. The maximum absolute atomic E-state index is 11.1. The van der Waals surface area contributed by atoms with Crippen LogP contribution in [-0.4, -0.2) is 28.2 Å². The van der Waals surface area contributed by atoms with E-state index < -0.39 is 0 Å². The van der Waals surface area contributed by atoms with Crippen molar-refractivity contribution in [2.45, 2.75) is 40.0 Å². The fourth-order valence-corrected chi connectivity index (χ4v) is 2.46. The van der Waals surface area contributed by atoms with E-state index in [-0.39, 0.29) is 40.7 Å². The minimum Gasteiger partial charge on any atom is -0.507 e. The maximum atomic E-state index is 11.1. The van der Waals surface area contributed by atoms with Crippen LogP contribution in [-0.2, 0) is 6.42 Å². The molecule has 0 radical (unpaired) electrons. The number of aliphatic hydroxyl groups excluding tert-OH is 1. The fourth-order valence-electron chi connectivity index (χ4n) is 2.25. The third-order valence-electron chi connectivity index (χ3n) is 3.89. The molecule has 0 saturated heterocycles. The van der Waals surface area contributed by atoms with Crippen LogP contribution >= 0.6 is 11.6 Å². The van der Waals surface area contributed by atoms with E-state index in [0.717, 1.165) is 24.0 Å². The van der Waals surface area contributed by atoms with Crippen LogP contribution in [0.1, 0.15) is 48.2 Å². The summed E-state index contributed by atoms with van der Waals surface area (Å²) in [6.07, 6.45) is 6.12. The van der Waals surface area contributed by atoms with Crippen molar-refractivity contribution in [3.05, 3.63) is 45.0 Å². The normalized spacial score (nSPS) is 12.6. The van der Waals surface area contributed by atoms with Crippen LogP contribution in [0.15, 0.2) is 23.3 Å². The second kappa shape index (κ2) is 8.75. The van der Waals surface area contributed by atoms with Crippen LogP contribution in [0, 0.1) is 6.92 Å². The number of allylic oxidation sites excluding steroid dienone is 3. The standard InChI is InChI=1S/C18H23ClO4/c1-11(4-5-12(2)8-9-20)6-7-14-17(22)15(10-21)13(3)16(19)18(14)23/h6,8,10,20,22-23H,4-5,7,9H2,1-3H3/b11-6+,12-8+. The van der Waals surface area contributed by atoms with E-state index in [1.165, 1.54) is 0 Å². The number of hydrogen-bond acceptors (Lipinski definition) is 4. The van der Waals surface area contributed by atoms with E-state index in [1.807, 2.05) is 19.9 Å². The number of benzene rings is 1. The Kier molecular flexibility index (Phi) is 7.33. The average Bonchev–Trinajstić information content (AvgIpc) is 2.51. The molecule has 3 N–H and O–H groups in total. The fraction of sp³-hybridized carbons (Fsp3) is 0.389. The van der Waals surface area contributed by atoms with Crippen molar-refractivity contribution in [3.63, 3.8) is 0 Å². The van der Waals surface area contributed by atoms with Crippen molar-refractivity contribution in [2.75, 3.05) is 6.61 Å². The average molecular weight is 339 g/mol. The van der Waals surface area contributed by atoms with Crippen LogP contribution in [0.3, 0.4) is 0 Å². The maximum Gasteiger partial charge on any atom is 0.154 e. The number of aromatic hydroxyl groups is 2. The molecule has 126 valence electrons. The van der Waals surface area contributed by atoms with Crippen molar-refractivity contribution < 1.29 is 20.1 Å². The van der Waals surface area contributed by atoms with E-state index in [2.05, 4.69) is 0 Å². The first-order valence-electron chi connectivity index (χ1n) is 7.43. The lowest BCUT2D eigenvalue weighted by molar-refractivity contribution is 0.112. The topological polar surface area (TPSA) is 77.8 Å². The van der Waals surface area contributed by atoms with Gasteiger partial charge < -0.3 is 15.3 Å². The van der Waals surface area contributed by atoms with Gasteiger partial charge in [0.05, 0.1) is 17.2 Å². The molecule has 0 heterocycles. The number of aliphatic hydroxyl groups is 1. The molecule has 0 aliphatic rings. The lowest BCUT2D eigenvalue weighted by Crippen LogP contribution is -1.96. The highest BCUT2D eigenvalue weighted by Gasteiger charge is 2.19. The van der Waals surface area contributed by atoms with Crippen molar-refractivity contribution in [1.82, 2.24) is 0 Å². The lowest BCUT2D eigenvalue weighted by atomic mass is 9.98. The molecule has 1 rings (SSSR count). The number of phenols is 2. The Balaban J connectivity index is 2.97. The first-order chi connectivity index (χ1) is 10.8. The molecule has 0 bridgehead atoms. The molecule has 0 spiro atoms. The quantitative estimate of drug-likeness (QED) is 0.517. The Morgan fingerprint density at radius 3 is 2.17 bits per heavy atom. The first-order valence-corrected chi connectivity index (χ1v) is 7.81. The van der Waals surface area contributed by atoms with Gasteiger partial charge in [-0.05, 0) is 45.6 Å². The second-order valence-electron chi connectivity index (χ2n) is 5.63. The van der Waals surface area contributed by atoms with E-state index in [9.17, 15) is 15.0 Å². The third kappa shape index (κ3) is 4.85. The highest BCUT2D eigenvalue weighted by molar-refractivity contribution is 6.33. The zero-order valence-corrected chi connectivity index (χ0v) is 14.4. The van der Waals surface area contributed by atoms with Gasteiger partial charge in [0.1, 0.15) is 11.5 Å². The summed E-state index contributed by atoms with van der Waals surface area (Å²) in [5, 5.41) is 29.2. The van der Waals surface area contributed by atoms with E-state index in [0.29, 0.717) is 11.8 Å². The molecular weight excluding hydrogens is 316 g/mol. The smallest absolute Gasteiger partial charge is 0.154 e. The van der Waals surface area contributed by atoms with Gasteiger partial charge in [0.15, 0.2) is 6.29 Å². The molecule has 0 unspecified atom stereocenters. The summed E-state index contributed by atoms with van der Waals surface area (Å²) in [7, 11) is 0. The number of aldehydes is 1. The Morgan fingerprint density at radius 1 is 1.09 bits per heavy atom. The van der Waals surface area contributed by atoms with Crippen LogP contribution in [0.2, 0.25) is 5.02 Å². The molecular formula is C18H23ClO4. The molecule has 0 fully saturated rings. The van der Waals surface area contributed by atoms with Gasteiger partial charge in [0.25, 0.3) is 0 Å². The molecule has 0 aliphatic carbocycles. The molecule has 0 aliphatic heterocycles. The molecule has 0 amide bonds. The van der Waals surface area contributed by atoms with Gasteiger partial charge >= 0.3 is 0 Å². The number of halogens is 1. The number of rotatable bonds is 7. The minimum absolute atomic E-state index is 0.0344. The third-order valence-corrected chi connectivity index (χ3v) is 4.36. The van der Waals surface area contributed by atoms with Crippen molar-refractivity contribution in [2.24, 2.45) is 0 Å². The Labute approximate surface area is 141 Å². The van der Waals surface area contributed by atoms with Gasteiger partial charge in [0.2, 0.25) is 0 Å². The van der Waals surface area contributed by atoms with E-state index in [4.69, 9.17) is 16.7 Å². The summed E-state index contributed by atoms with van der Waals surface area (Å²) in [6, 6.07) is 0. The van der Waals surface area contributed by atoms with Gasteiger partial charge in [-0.3, -0.25) is 4.79 Å². The highest BCUT2D eigenvalue weighted by atomic mass is 35.5. The predicted octanol–water partition coefficient (Wildman–Crippen LogP) is 4.08. The summed E-state index contributed by atoms with van der Waals surface area (Å²) in [6.45, 7) is 5.52. The van der Waals surface area contributed by atoms with Crippen LogP contribution in [0.25, 0.3) is 0 Å². The van der Waals surface area contributed by atoms with Crippen molar-refractivity contribution in [1.29, 1.82) is 0 Å². The summed E-state index contributed by atoms with van der Waals surface area (Å²) >= 11 is 6.02. The Hall–Kier alpha value is -1.78. The van der Waals surface area contributed by atoms with Crippen LogP contribution in [0.4, 0.5) is 0 Å².